The van der Waals surface area contributed by atoms with Crippen molar-refractivity contribution in [3.05, 3.63) is 24.0 Å². The van der Waals surface area contributed by atoms with Crippen molar-refractivity contribution >= 4 is 27.1 Å². The number of thiocarbonyl (C=S) groups is 1. The zero-order valence-corrected chi connectivity index (χ0v) is 12.5. The Hall–Kier alpha value is -0.760. The molecule has 0 aromatic heterocycles. The van der Waals surface area contributed by atoms with Gasteiger partial charge in [0.1, 0.15) is 5.76 Å². The molecular formula is C12H19NO4S2. The first kappa shape index (κ1) is 16.3. The van der Waals surface area contributed by atoms with E-state index in [1.807, 2.05) is 12.2 Å². The maximum Gasteiger partial charge on any atom is 0.212 e. The van der Waals surface area contributed by atoms with Crippen LogP contribution in [0.25, 0.3) is 0 Å². The summed E-state index contributed by atoms with van der Waals surface area (Å²) in [4.78, 5) is 0.809. The highest BCUT2D eigenvalue weighted by Crippen LogP contribution is 2.10. The number of hydrogen-bond donors (Lipinski definition) is 2. The summed E-state index contributed by atoms with van der Waals surface area (Å²) >= 11 is 5.04. The first-order valence-electron chi connectivity index (χ1n) is 6.07. The Labute approximate surface area is 119 Å². The SMILES string of the molecule is C[C@H](CO)NS(=O)(=O)CCCOC1=CC(=S)CC=C1. The predicted molar refractivity (Wildman–Crippen MR) is 78.5 cm³/mol. The van der Waals surface area contributed by atoms with Crippen LogP contribution in [0.5, 0.6) is 0 Å². The molecule has 1 aliphatic rings. The number of aliphatic hydroxyl groups excluding tert-OH is 1. The van der Waals surface area contributed by atoms with Gasteiger partial charge in [0.05, 0.1) is 19.0 Å². The number of ether oxygens (including phenoxy) is 1. The second-order valence-electron chi connectivity index (χ2n) is 4.34. The largest absolute Gasteiger partial charge is 0.494 e. The maximum atomic E-state index is 11.6. The van der Waals surface area contributed by atoms with Crippen molar-refractivity contribution in [2.24, 2.45) is 0 Å². The standard InChI is InChI=1S/C12H19NO4S2/c1-10(9-14)13-19(15,16)7-3-6-17-11-4-2-5-12(18)8-11/h2,4,8,10,13-14H,3,5-7,9H2,1H3/t10-/m1/s1. The van der Waals surface area contributed by atoms with E-state index in [2.05, 4.69) is 4.72 Å². The molecule has 0 saturated heterocycles. The van der Waals surface area contributed by atoms with Gasteiger partial charge in [0.2, 0.25) is 10.0 Å². The van der Waals surface area contributed by atoms with Crippen LogP contribution in [0.15, 0.2) is 24.0 Å². The molecule has 1 rings (SSSR count). The summed E-state index contributed by atoms with van der Waals surface area (Å²) in [6.45, 7) is 1.70. The van der Waals surface area contributed by atoms with Crippen LogP contribution in [0.2, 0.25) is 0 Å². The molecule has 1 aliphatic carbocycles. The van der Waals surface area contributed by atoms with Gasteiger partial charge in [0.15, 0.2) is 0 Å². The van der Waals surface area contributed by atoms with Crippen molar-refractivity contribution < 1.29 is 18.3 Å². The van der Waals surface area contributed by atoms with E-state index < -0.39 is 16.1 Å². The average molecular weight is 305 g/mol. The van der Waals surface area contributed by atoms with Crippen LogP contribution in [0, 0.1) is 0 Å². The average Bonchev–Trinajstić information content (AvgIpc) is 2.34. The van der Waals surface area contributed by atoms with E-state index in [1.54, 1.807) is 13.0 Å². The van der Waals surface area contributed by atoms with E-state index >= 15 is 0 Å². The summed E-state index contributed by atoms with van der Waals surface area (Å²) in [6.07, 6.45) is 6.65. The molecule has 0 saturated carbocycles. The lowest BCUT2D eigenvalue weighted by atomic mass is 10.2. The Balaban J connectivity index is 2.27. The van der Waals surface area contributed by atoms with Gasteiger partial charge >= 0.3 is 0 Å². The van der Waals surface area contributed by atoms with Crippen LogP contribution in [0.1, 0.15) is 19.8 Å². The van der Waals surface area contributed by atoms with E-state index in [1.165, 1.54) is 0 Å². The summed E-state index contributed by atoms with van der Waals surface area (Å²) in [5, 5.41) is 8.79. The Bertz CT molecular complexity index is 468. The highest BCUT2D eigenvalue weighted by molar-refractivity contribution is 7.89. The molecule has 0 bridgehead atoms. The molecular weight excluding hydrogens is 286 g/mol. The Morgan fingerprint density at radius 1 is 1.58 bits per heavy atom. The van der Waals surface area contributed by atoms with Gasteiger partial charge in [-0.25, -0.2) is 13.1 Å². The maximum absolute atomic E-state index is 11.6. The Kier molecular flexibility index (Phi) is 6.64. The molecule has 1 atom stereocenters. The topological polar surface area (TPSA) is 75.6 Å². The molecule has 2 N–H and O–H groups in total. The third kappa shape index (κ3) is 6.81. The summed E-state index contributed by atoms with van der Waals surface area (Å²) in [7, 11) is -3.36. The van der Waals surface area contributed by atoms with Gasteiger partial charge in [-0.05, 0) is 25.5 Å². The van der Waals surface area contributed by atoms with E-state index in [0.717, 1.165) is 11.3 Å². The molecule has 19 heavy (non-hydrogen) atoms. The van der Waals surface area contributed by atoms with E-state index in [9.17, 15) is 8.42 Å². The highest BCUT2D eigenvalue weighted by atomic mass is 32.2. The number of hydrogen-bond acceptors (Lipinski definition) is 5. The minimum atomic E-state index is -3.36. The number of nitrogens with one attached hydrogen (secondary N) is 1. The van der Waals surface area contributed by atoms with E-state index in [4.69, 9.17) is 22.1 Å². The van der Waals surface area contributed by atoms with E-state index in [0.29, 0.717) is 18.8 Å². The van der Waals surface area contributed by atoms with Gasteiger partial charge in [-0.3, -0.25) is 0 Å². The minimum absolute atomic E-state index is 0.0290. The molecule has 0 spiro atoms. The molecule has 0 unspecified atom stereocenters. The van der Waals surface area contributed by atoms with Crippen molar-refractivity contribution in [1.82, 2.24) is 4.72 Å². The zero-order valence-electron chi connectivity index (χ0n) is 10.8. The van der Waals surface area contributed by atoms with Crippen LogP contribution in [-0.4, -0.2) is 43.4 Å². The van der Waals surface area contributed by atoms with Crippen molar-refractivity contribution in [2.45, 2.75) is 25.8 Å². The van der Waals surface area contributed by atoms with Crippen molar-refractivity contribution in [3.8, 4) is 0 Å². The second kappa shape index (κ2) is 7.74. The molecule has 5 nitrogen and oxygen atoms in total. The molecule has 0 heterocycles. The van der Waals surface area contributed by atoms with Crippen LogP contribution < -0.4 is 4.72 Å². The summed E-state index contributed by atoms with van der Waals surface area (Å²) in [5.41, 5.74) is 0. The zero-order chi connectivity index (χ0) is 14.3. The normalized spacial score (nSPS) is 17.2. The van der Waals surface area contributed by atoms with Crippen LogP contribution in [-0.2, 0) is 14.8 Å². The van der Waals surface area contributed by atoms with Crippen molar-refractivity contribution in [2.75, 3.05) is 19.0 Å². The summed E-state index contributed by atoms with van der Waals surface area (Å²) in [6, 6.07) is -0.465. The minimum Gasteiger partial charge on any atom is -0.494 e. The molecule has 7 heteroatoms. The first-order valence-corrected chi connectivity index (χ1v) is 8.14. The fourth-order valence-corrected chi connectivity index (χ4v) is 3.00. The van der Waals surface area contributed by atoms with Gasteiger partial charge in [0, 0.05) is 17.3 Å². The summed E-state index contributed by atoms with van der Waals surface area (Å²) in [5.74, 6) is 0.643. The molecule has 108 valence electrons. The third-order valence-corrected chi connectivity index (χ3v) is 4.26. The lowest BCUT2D eigenvalue weighted by molar-refractivity contribution is 0.225. The highest BCUT2D eigenvalue weighted by Gasteiger charge is 2.13. The lowest BCUT2D eigenvalue weighted by Gasteiger charge is -2.12. The Morgan fingerprint density at radius 2 is 2.32 bits per heavy atom. The van der Waals surface area contributed by atoms with Gasteiger partial charge in [-0.15, -0.1) is 0 Å². The van der Waals surface area contributed by atoms with Crippen molar-refractivity contribution in [1.29, 1.82) is 0 Å². The van der Waals surface area contributed by atoms with Gasteiger partial charge in [0.25, 0.3) is 0 Å². The molecule has 0 aromatic rings. The number of aliphatic hydroxyl groups is 1. The van der Waals surface area contributed by atoms with Crippen LogP contribution >= 0.6 is 12.2 Å². The molecule has 0 aliphatic heterocycles. The summed E-state index contributed by atoms with van der Waals surface area (Å²) < 4.78 is 30.9. The Morgan fingerprint density at radius 3 is 2.95 bits per heavy atom. The number of allylic oxidation sites excluding steroid dienone is 3. The molecule has 0 fully saturated rings. The monoisotopic (exact) mass is 305 g/mol. The van der Waals surface area contributed by atoms with Gasteiger partial charge in [-0.1, -0.05) is 18.3 Å². The van der Waals surface area contributed by atoms with Crippen molar-refractivity contribution in [3.63, 3.8) is 0 Å². The van der Waals surface area contributed by atoms with E-state index in [-0.39, 0.29) is 12.4 Å². The molecule has 0 amide bonds. The predicted octanol–water partition coefficient (Wildman–Crippen LogP) is 0.907. The van der Waals surface area contributed by atoms with Crippen LogP contribution in [0.3, 0.4) is 0 Å². The third-order valence-electron chi connectivity index (χ3n) is 2.39. The fourth-order valence-electron chi connectivity index (χ4n) is 1.49. The number of sulfonamides is 1. The number of rotatable bonds is 8. The second-order valence-corrected chi connectivity index (χ2v) is 6.74. The van der Waals surface area contributed by atoms with Gasteiger partial charge in [-0.2, -0.15) is 0 Å². The van der Waals surface area contributed by atoms with Crippen LogP contribution in [0.4, 0.5) is 0 Å². The molecule has 0 aromatic carbocycles. The fraction of sp³-hybridized carbons (Fsp3) is 0.583. The molecule has 0 radical (unpaired) electrons. The van der Waals surface area contributed by atoms with Gasteiger partial charge < -0.3 is 9.84 Å². The lowest BCUT2D eigenvalue weighted by Crippen LogP contribution is -2.36. The quantitative estimate of drug-likeness (QED) is 0.515. The smallest absolute Gasteiger partial charge is 0.212 e. The first-order chi connectivity index (χ1) is 8.93.